The maximum Gasteiger partial charge on any atom is 0.135 e. The van der Waals surface area contributed by atoms with Gasteiger partial charge in [0.25, 0.3) is 0 Å². The van der Waals surface area contributed by atoms with Crippen molar-refractivity contribution in [2.75, 3.05) is 13.1 Å². The minimum atomic E-state index is 0.708. The van der Waals surface area contributed by atoms with Gasteiger partial charge in [-0.1, -0.05) is 54.1 Å². The Morgan fingerprint density at radius 2 is 1.68 bits per heavy atom. The molecule has 5 nitrogen and oxygen atoms in total. The number of aryl methyl sites for hydroxylation is 2. The van der Waals surface area contributed by atoms with Crippen molar-refractivity contribution >= 4 is 11.6 Å². The first-order valence-corrected chi connectivity index (χ1v) is 11.1. The van der Waals surface area contributed by atoms with E-state index in [2.05, 4.69) is 56.1 Å². The van der Waals surface area contributed by atoms with Gasteiger partial charge in [-0.25, -0.2) is 0 Å². The molecule has 0 radical (unpaired) electrons. The molecule has 2 aromatic heterocycles. The number of halogens is 1. The van der Waals surface area contributed by atoms with Gasteiger partial charge in [-0.05, 0) is 36.2 Å². The molecule has 1 aliphatic heterocycles. The van der Waals surface area contributed by atoms with Gasteiger partial charge in [0, 0.05) is 38.0 Å². The van der Waals surface area contributed by atoms with Crippen LogP contribution in [0.3, 0.4) is 0 Å². The first kappa shape index (κ1) is 20.0. The van der Waals surface area contributed by atoms with Crippen LogP contribution in [0, 0.1) is 0 Å². The lowest BCUT2D eigenvalue weighted by atomic mass is 10.1. The molecule has 0 aliphatic carbocycles. The fourth-order valence-corrected chi connectivity index (χ4v) is 4.39. The quantitative estimate of drug-likeness (QED) is 0.428. The SMILES string of the molecule is Clc1ccccc1-c1ccc(CN2CCc3nnc(CCc4ccccc4)n3CC2)o1. The third-order valence-electron chi connectivity index (χ3n) is 5.86. The molecular weight excluding hydrogens is 408 g/mol. The maximum atomic E-state index is 6.31. The van der Waals surface area contributed by atoms with E-state index in [4.69, 9.17) is 16.0 Å². The summed E-state index contributed by atoms with van der Waals surface area (Å²) in [6.07, 6.45) is 2.80. The van der Waals surface area contributed by atoms with Crippen LogP contribution in [0.1, 0.15) is 23.0 Å². The van der Waals surface area contributed by atoms with Crippen LogP contribution >= 0.6 is 11.6 Å². The Morgan fingerprint density at radius 3 is 2.55 bits per heavy atom. The summed E-state index contributed by atoms with van der Waals surface area (Å²) in [6.45, 7) is 3.58. The average molecular weight is 433 g/mol. The fourth-order valence-electron chi connectivity index (χ4n) is 4.16. The van der Waals surface area contributed by atoms with E-state index >= 15 is 0 Å². The van der Waals surface area contributed by atoms with E-state index in [1.807, 2.05) is 30.3 Å². The normalized spacial score (nSPS) is 14.4. The molecular formula is C25H25ClN4O. The van der Waals surface area contributed by atoms with Gasteiger partial charge in [-0.15, -0.1) is 10.2 Å². The molecule has 3 heterocycles. The molecule has 0 bridgehead atoms. The molecule has 4 aromatic rings. The van der Waals surface area contributed by atoms with Gasteiger partial charge in [0.05, 0.1) is 11.6 Å². The van der Waals surface area contributed by atoms with Gasteiger partial charge in [-0.2, -0.15) is 0 Å². The van der Waals surface area contributed by atoms with Gasteiger partial charge in [0.1, 0.15) is 23.2 Å². The van der Waals surface area contributed by atoms with Crippen LogP contribution in [-0.2, 0) is 32.4 Å². The Morgan fingerprint density at radius 1 is 0.839 bits per heavy atom. The first-order chi connectivity index (χ1) is 15.3. The van der Waals surface area contributed by atoms with Crippen LogP contribution in [-0.4, -0.2) is 32.8 Å². The molecule has 5 rings (SSSR count). The largest absolute Gasteiger partial charge is 0.460 e. The zero-order valence-corrected chi connectivity index (χ0v) is 18.1. The highest BCUT2D eigenvalue weighted by Crippen LogP contribution is 2.29. The highest BCUT2D eigenvalue weighted by atomic mass is 35.5. The molecule has 0 amide bonds. The monoisotopic (exact) mass is 432 g/mol. The van der Waals surface area contributed by atoms with Gasteiger partial charge < -0.3 is 8.98 Å². The molecule has 1 aliphatic rings. The predicted octanol–water partition coefficient (Wildman–Crippen LogP) is 5.04. The van der Waals surface area contributed by atoms with Crippen molar-refractivity contribution in [2.24, 2.45) is 0 Å². The molecule has 0 fully saturated rings. The smallest absolute Gasteiger partial charge is 0.135 e. The second kappa shape index (κ2) is 9.08. The predicted molar refractivity (Wildman–Crippen MR) is 122 cm³/mol. The molecule has 0 saturated heterocycles. The first-order valence-electron chi connectivity index (χ1n) is 10.8. The third kappa shape index (κ3) is 4.58. The number of hydrogen-bond acceptors (Lipinski definition) is 4. The number of benzene rings is 2. The lowest BCUT2D eigenvalue weighted by molar-refractivity contribution is 0.249. The van der Waals surface area contributed by atoms with Gasteiger partial charge in [0.2, 0.25) is 0 Å². The third-order valence-corrected chi connectivity index (χ3v) is 6.19. The van der Waals surface area contributed by atoms with E-state index in [1.165, 1.54) is 5.56 Å². The van der Waals surface area contributed by atoms with Crippen molar-refractivity contribution in [3.63, 3.8) is 0 Å². The molecule has 0 atom stereocenters. The summed E-state index contributed by atoms with van der Waals surface area (Å²) in [5.74, 6) is 3.94. The van der Waals surface area contributed by atoms with E-state index in [1.54, 1.807) is 0 Å². The van der Waals surface area contributed by atoms with Crippen LogP contribution in [0.25, 0.3) is 11.3 Å². The Labute approximate surface area is 187 Å². The maximum absolute atomic E-state index is 6.31. The Balaban J connectivity index is 1.22. The number of fused-ring (bicyclic) bond motifs is 1. The van der Waals surface area contributed by atoms with E-state index < -0.39 is 0 Å². The minimum Gasteiger partial charge on any atom is -0.460 e. The van der Waals surface area contributed by atoms with Crippen LogP contribution in [0.15, 0.2) is 71.1 Å². The van der Waals surface area contributed by atoms with Gasteiger partial charge >= 0.3 is 0 Å². The second-order valence-corrected chi connectivity index (χ2v) is 8.35. The fraction of sp³-hybridized carbons (Fsp3) is 0.280. The molecule has 0 unspecified atom stereocenters. The average Bonchev–Trinajstić information content (AvgIpc) is 3.36. The molecule has 158 valence electrons. The molecule has 0 N–H and O–H groups in total. The number of hydrogen-bond donors (Lipinski definition) is 0. The number of furan rings is 1. The van der Waals surface area contributed by atoms with E-state index in [9.17, 15) is 0 Å². The van der Waals surface area contributed by atoms with Gasteiger partial charge in [-0.3, -0.25) is 4.90 Å². The zero-order valence-electron chi connectivity index (χ0n) is 17.4. The number of aromatic nitrogens is 3. The summed E-state index contributed by atoms with van der Waals surface area (Å²) in [5.41, 5.74) is 2.27. The van der Waals surface area contributed by atoms with Crippen LogP contribution < -0.4 is 0 Å². The highest BCUT2D eigenvalue weighted by molar-refractivity contribution is 6.33. The van der Waals surface area contributed by atoms with Crippen LogP contribution in [0.4, 0.5) is 0 Å². The lowest BCUT2D eigenvalue weighted by Gasteiger charge is -2.18. The molecule has 31 heavy (non-hydrogen) atoms. The summed E-state index contributed by atoms with van der Waals surface area (Å²) in [7, 11) is 0. The second-order valence-electron chi connectivity index (χ2n) is 7.94. The van der Waals surface area contributed by atoms with Crippen LogP contribution in [0.2, 0.25) is 5.02 Å². The number of nitrogens with zero attached hydrogens (tertiary/aromatic N) is 4. The van der Waals surface area contributed by atoms with Crippen molar-refractivity contribution in [2.45, 2.75) is 32.4 Å². The van der Waals surface area contributed by atoms with Crippen molar-refractivity contribution < 1.29 is 4.42 Å². The van der Waals surface area contributed by atoms with Crippen molar-refractivity contribution in [3.05, 3.63) is 94.7 Å². The summed E-state index contributed by atoms with van der Waals surface area (Å²) >= 11 is 6.31. The van der Waals surface area contributed by atoms with E-state index in [-0.39, 0.29) is 0 Å². The van der Waals surface area contributed by atoms with E-state index in [0.717, 1.165) is 74.2 Å². The Hall–Kier alpha value is -2.89. The van der Waals surface area contributed by atoms with Gasteiger partial charge in [0.15, 0.2) is 0 Å². The highest BCUT2D eigenvalue weighted by Gasteiger charge is 2.20. The standard InChI is InChI=1S/C25H25ClN4O/c26-22-9-5-4-8-21(22)23-12-11-20(31-23)18-29-15-14-25-28-27-24(30(25)17-16-29)13-10-19-6-2-1-3-7-19/h1-9,11-12H,10,13-18H2. The Kier molecular flexibility index (Phi) is 5.87. The van der Waals surface area contributed by atoms with Crippen molar-refractivity contribution in [3.8, 4) is 11.3 Å². The van der Waals surface area contributed by atoms with Crippen LogP contribution in [0.5, 0.6) is 0 Å². The summed E-state index contributed by atoms with van der Waals surface area (Å²) in [5, 5.41) is 9.65. The molecule has 6 heteroatoms. The van der Waals surface area contributed by atoms with Crippen molar-refractivity contribution in [1.29, 1.82) is 0 Å². The zero-order chi connectivity index (χ0) is 21.0. The minimum absolute atomic E-state index is 0.708. The van der Waals surface area contributed by atoms with Crippen molar-refractivity contribution in [1.82, 2.24) is 19.7 Å². The summed E-state index contributed by atoms with van der Waals surface area (Å²) < 4.78 is 8.41. The summed E-state index contributed by atoms with van der Waals surface area (Å²) in [4.78, 5) is 2.42. The van der Waals surface area contributed by atoms with E-state index in [0.29, 0.717) is 5.02 Å². The lowest BCUT2D eigenvalue weighted by Crippen LogP contribution is -2.26. The molecule has 0 saturated carbocycles. The molecule has 0 spiro atoms. The number of rotatable bonds is 6. The molecule has 2 aromatic carbocycles. The summed E-state index contributed by atoms with van der Waals surface area (Å²) in [6, 6.07) is 22.4. The topological polar surface area (TPSA) is 47.1 Å². The Bertz CT molecular complexity index is 1150.